The van der Waals surface area contributed by atoms with Crippen molar-refractivity contribution in [2.75, 3.05) is 19.5 Å². The number of hydrogen-bond donors (Lipinski definition) is 2. The highest BCUT2D eigenvalue weighted by atomic mass is 16.5. The van der Waals surface area contributed by atoms with Gasteiger partial charge in [-0.15, -0.1) is 0 Å². The Kier molecular flexibility index (Phi) is 4.91. The van der Waals surface area contributed by atoms with E-state index in [1.165, 1.54) is 0 Å². The van der Waals surface area contributed by atoms with Crippen molar-refractivity contribution in [1.29, 1.82) is 0 Å². The molecular formula is C23H21N3O3. The van der Waals surface area contributed by atoms with E-state index in [0.717, 1.165) is 33.7 Å². The normalized spacial score (nSPS) is 10.7. The lowest BCUT2D eigenvalue weighted by atomic mass is 10.1. The van der Waals surface area contributed by atoms with Crippen molar-refractivity contribution >= 4 is 22.6 Å². The average Bonchev–Trinajstić information content (AvgIpc) is 3.18. The van der Waals surface area contributed by atoms with E-state index >= 15 is 0 Å². The number of ether oxygens (including phenoxy) is 2. The number of rotatable bonds is 5. The Morgan fingerprint density at radius 1 is 0.966 bits per heavy atom. The highest BCUT2D eigenvalue weighted by molar-refractivity contribution is 6.05. The summed E-state index contributed by atoms with van der Waals surface area (Å²) in [5, 5.41) is 2.98. The number of aromatic nitrogens is 2. The molecule has 29 heavy (non-hydrogen) atoms. The summed E-state index contributed by atoms with van der Waals surface area (Å²) in [5.74, 6) is 1.64. The SMILES string of the molecule is COc1cc(OC)cc(C(=O)Nc2cccc(-c3nc4ccccc4[nH]3)c2C)c1. The van der Waals surface area contributed by atoms with Gasteiger partial charge in [-0.1, -0.05) is 24.3 Å². The number of H-pyrrole nitrogens is 1. The minimum Gasteiger partial charge on any atom is -0.497 e. The molecule has 0 fully saturated rings. The van der Waals surface area contributed by atoms with Gasteiger partial charge in [-0.05, 0) is 42.8 Å². The summed E-state index contributed by atoms with van der Waals surface area (Å²) in [4.78, 5) is 20.9. The van der Waals surface area contributed by atoms with E-state index in [-0.39, 0.29) is 5.91 Å². The van der Waals surface area contributed by atoms with Crippen LogP contribution in [0.4, 0.5) is 5.69 Å². The van der Waals surface area contributed by atoms with Crippen molar-refractivity contribution in [1.82, 2.24) is 9.97 Å². The van der Waals surface area contributed by atoms with Crippen molar-refractivity contribution in [2.24, 2.45) is 0 Å². The molecule has 0 aliphatic heterocycles. The Morgan fingerprint density at radius 2 is 1.69 bits per heavy atom. The van der Waals surface area contributed by atoms with Crippen molar-refractivity contribution < 1.29 is 14.3 Å². The number of fused-ring (bicyclic) bond motifs is 1. The van der Waals surface area contributed by atoms with Gasteiger partial charge in [-0.3, -0.25) is 4.79 Å². The molecule has 6 heteroatoms. The van der Waals surface area contributed by atoms with Crippen LogP contribution in [0.15, 0.2) is 60.7 Å². The van der Waals surface area contributed by atoms with Crippen molar-refractivity contribution in [3.8, 4) is 22.9 Å². The number of nitrogens with zero attached hydrogens (tertiary/aromatic N) is 1. The zero-order chi connectivity index (χ0) is 20.4. The quantitative estimate of drug-likeness (QED) is 0.515. The number of methoxy groups -OCH3 is 2. The van der Waals surface area contributed by atoms with Gasteiger partial charge in [0.1, 0.15) is 17.3 Å². The zero-order valence-electron chi connectivity index (χ0n) is 16.4. The second kappa shape index (κ2) is 7.67. The molecule has 0 aliphatic carbocycles. The molecule has 2 N–H and O–H groups in total. The summed E-state index contributed by atoms with van der Waals surface area (Å²) < 4.78 is 10.5. The number of hydrogen-bond acceptors (Lipinski definition) is 4. The number of imidazole rings is 1. The summed E-state index contributed by atoms with van der Waals surface area (Å²) in [5.41, 5.74) is 4.90. The number of aromatic amines is 1. The second-order valence-corrected chi connectivity index (χ2v) is 6.64. The summed E-state index contributed by atoms with van der Waals surface area (Å²) >= 11 is 0. The molecule has 1 heterocycles. The fourth-order valence-corrected chi connectivity index (χ4v) is 3.24. The van der Waals surface area contributed by atoms with Crippen LogP contribution in [0.5, 0.6) is 11.5 Å². The average molecular weight is 387 g/mol. The van der Waals surface area contributed by atoms with Crippen LogP contribution in [0.1, 0.15) is 15.9 Å². The number of nitrogens with one attached hydrogen (secondary N) is 2. The molecule has 0 aliphatic rings. The van der Waals surface area contributed by atoms with E-state index in [9.17, 15) is 4.79 Å². The van der Waals surface area contributed by atoms with Gasteiger partial charge in [0.05, 0.1) is 25.3 Å². The topological polar surface area (TPSA) is 76.2 Å². The first-order valence-corrected chi connectivity index (χ1v) is 9.18. The van der Waals surface area contributed by atoms with Gasteiger partial charge >= 0.3 is 0 Å². The van der Waals surface area contributed by atoms with Crippen molar-refractivity contribution in [2.45, 2.75) is 6.92 Å². The minimum absolute atomic E-state index is 0.243. The number of carbonyl (C=O) groups is 1. The number of para-hydroxylation sites is 2. The summed E-state index contributed by atoms with van der Waals surface area (Å²) in [6.07, 6.45) is 0. The molecule has 0 spiro atoms. The van der Waals surface area contributed by atoms with Crippen LogP contribution in [0, 0.1) is 6.92 Å². The maximum Gasteiger partial charge on any atom is 0.255 e. The highest BCUT2D eigenvalue weighted by Crippen LogP contribution is 2.29. The standard InChI is InChI=1S/C23H21N3O3/c1-14-18(22-24-20-8-4-5-9-21(20)25-22)7-6-10-19(14)26-23(27)15-11-16(28-2)13-17(12-15)29-3/h4-13H,1-3H3,(H,24,25)(H,26,27). The largest absolute Gasteiger partial charge is 0.497 e. The van der Waals surface area contributed by atoms with Crippen LogP contribution < -0.4 is 14.8 Å². The first-order chi connectivity index (χ1) is 14.1. The monoisotopic (exact) mass is 387 g/mol. The fraction of sp³-hybridized carbons (Fsp3) is 0.130. The molecule has 0 unspecified atom stereocenters. The second-order valence-electron chi connectivity index (χ2n) is 6.64. The van der Waals surface area contributed by atoms with E-state index in [2.05, 4.69) is 15.3 Å². The molecule has 0 atom stereocenters. The van der Waals surface area contributed by atoms with E-state index in [1.54, 1.807) is 32.4 Å². The molecule has 6 nitrogen and oxygen atoms in total. The number of carbonyl (C=O) groups excluding carboxylic acids is 1. The van der Waals surface area contributed by atoms with Crippen molar-refractivity contribution in [3.63, 3.8) is 0 Å². The lowest BCUT2D eigenvalue weighted by Gasteiger charge is -2.13. The molecular weight excluding hydrogens is 366 g/mol. The fourth-order valence-electron chi connectivity index (χ4n) is 3.24. The highest BCUT2D eigenvalue weighted by Gasteiger charge is 2.14. The van der Waals surface area contributed by atoms with E-state index < -0.39 is 0 Å². The smallest absolute Gasteiger partial charge is 0.255 e. The van der Waals surface area contributed by atoms with Crippen LogP contribution in [-0.2, 0) is 0 Å². The summed E-state index contributed by atoms with van der Waals surface area (Å²) in [7, 11) is 3.11. The number of anilines is 1. The van der Waals surface area contributed by atoms with Crippen LogP contribution in [0.25, 0.3) is 22.4 Å². The molecule has 146 valence electrons. The predicted molar refractivity (Wildman–Crippen MR) is 114 cm³/mol. The molecule has 1 aromatic heterocycles. The van der Waals surface area contributed by atoms with Gasteiger partial charge in [-0.2, -0.15) is 0 Å². The van der Waals surface area contributed by atoms with Gasteiger partial charge in [0.15, 0.2) is 0 Å². The third kappa shape index (κ3) is 3.65. The van der Waals surface area contributed by atoms with Gasteiger partial charge in [0.25, 0.3) is 5.91 Å². The molecule has 0 saturated carbocycles. The van der Waals surface area contributed by atoms with E-state index in [1.807, 2.05) is 49.4 Å². The summed E-state index contributed by atoms with van der Waals surface area (Å²) in [6, 6.07) is 18.7. The Labute approximate surface area is 168 Å². The summed E-state index contributed by atoms with van der Waals surface area (Å²) in [6.45, 7) is 1.96. The molecule has 4 aromatic rings. The molecule has 4 rings (SSSR count). The van der Waals surface area contributed by atoms with Crippen LogP contribution in [0.3, 0.4) is 0 Å². The lowest BCUT2D eigenvalue weighted by molar-refractivity contribution is 0.102. The lowest BCUT2D eigenvalue weighted by Crippen LogP contribution is -2.13. The van der Waals surface area contributed by atoms with E-state index in [4.69, 9.17) is 9.47 Å². The Bertz CT molecular complexity index is 1140. The van der Waals surface area contributed by atoms with Crippen LogP contribution >= 0.6 is 0 Å². The van der Waals surface area contributed by atoms with Gasteiger partial charge in [0, 0.05) is 22.9 Å². The molecule has 0 radical (unpaired) electrons. The zero-order valence-corrected chi connectivity index (χ0v) is 16.4. The molecule has 0 bridgehead atoms. The molecule has 1 amide bonds. The number of benzene rings is 3. The van der Waals surface area contributed by atoms with Gasteiger partial charge in [-0.25, -0.2) is 4.98 Å². The van der Waals surface area contributed by atoms with Gasteiger partial charge < -0.3 is 19.8 Å². The predicted octanol–water partition coefficient (Wildman–Crippen LogP) is 4.81. The third-order valence-corrected chi connectivity index (χ3v) is 4.84. The molecule has 3 aromatic carbocycles. The maximum atomic E-state index is 12.8. The first kappa shape index (κ1) is 18.6. The minimum atomic E-state index is -0.243. The Balaban J connectivity index is 1.66. The first-order valence-electron chi connectivity index (χ1n) is 9.18. The maximum absolute atomic E-state index is 12.8. The third-order valence-electron chi connectivity index (χ3n) is 4.84. The van der Waals surface area contributed by atoms with Gasteiger partial charge in [0.2, 0.25) is 0 Å². The van der Waals surface area contributed by atoms with Crippen LogP contribution in [0.2, 0.25) is 0 Å². The number of amides is 1. The Morgan fingerprint density at radius 3 is 2.38 bits per heavy atom. The van der Waals surface area contributed by atoms with Crippen molar-refractivity contribution in [3.05, 3.63) is 71.8 Å². The molecule has 0 saturated heterocycles. The van der Waals surface area contributed by atoms with E-state index in [0.29, 0.717) is 17.1 Å². The Hall–Kier alpha value is -3.80. The van der Waals surface area contributed by atoms with Crippen LogP contribution in [-0.4, -0.2) is 30.1 Å².